The Bertz CT molecular complexity index is 1150. The van der Waals surface area contributed by atoms with Crippen molar-refractivity contribution in [1.29, 1.82) is 0 Å². The van der Waals surface area contributed by atoms with Crippen LogP contribution in [0, 0.1) is 0 Å². The molecule has 0 unspecified atom stereocenters. The molecule has 200 valence electrons. The Balaban J connectivity index is 2.14. The molecule has 0 aromatic heterocycles. The van der Waals surface area contributed by atoms with Crippen LogP contribution in [0.5, 0.6) is 5.75 Å². The van der Waals surface area contributed by atoms with Crippen molar-refractivity contribution in [2.75, 3.05) is 5.32 Å². The maximum atomic E-state index is 12.6. The smallest absolute Gasteiger partial charge is 0.437 e. The number of nitrogens with one attached hydrogen (secondary N) is 2. The van der Waals surface area contributed by atoms with Gasteiger partial charge in [0.1, 0.15) is 17.0 Å². The molecule has 9 nitrogen and oxygen atoms in total. The van der Waals surface area contributed by atoms with Crippen molar-refractivity contribution < 1.29 is 28.6 Å². The second kappa shape index (κ2) is 12.6. The fourth-order valence-electron chi connectivity index (χ4n) is 2.92. The van der Waals surface area contributed by atoms with Gasteiger partial charge in [-0.05, 0) is 89.9 Å². The Morgan fingerprint density at radius 2 is 1.54 bits per heavy atom. The predicted molar refractivity (Wildman–Crippen MR) is 144 cm³/mol. The fraction of sp³-hybridized carbons (Fsp3) is 0.407. The molecule has 0 bridgehead atoms. The lowest BCUT2D eigenvalue weighted by molar-refractivity contribution is 0.0561. The van der Waals surface area contributed by atoms with Gasteiger partial charge >= 0.3 is 18.2 Å². The molecule has 0 saturated carbocycles. The van der Waals surface area contributed by atoms with E-state index in [2.05, 4.69) is 22.5 Å². The number of alkyl carbamates (subject to hydrolysis) is 1. The van der Waals surface area contributed by atoms with E-state index in [0.29, 0.717) is 16.5 Å². The number of ether oxygens (including phenoxy) is 3. The molecule has 2 aromatic rings. The van der Waals surface area contributed by atoms with Gasteiger partial charge in [-0.2, -0.15) is 0 Å². The monoisotopic (exact) mass is 531 g/mol. The number of aliphatic imine (C=N–C) groups is 1. The molecule has 0 radical (unpaired) electrons. The number of nitrogens with zero attached hydrogens (tertiary/aromatic N) is 1. The maximum Gasteiger partial charge on any atom is 0.437 e. The van der Waals surface area contributed by atoms with Crippen molar-refractivity contribution in [2.45, 2.75) is 72.5 Å². The summed E-state index contributed by atoms with van der Waals surface area (Å²) >= 11 is 6.27. The number of anilines is 1. The standard InChI is InChI=1S/C27H34ClN3O6/c1-8-9-17-12-15-20(16-21(17)28)35-22(32)18-10-13-19(14-11-18)29-23(30-24(33)36-26(2,3)4)31-25(34)37-27(5,6)7/h10-16H,8-9H2,1-7H3,(H2,29,30,31,33,34). The topological polar surface area (TPSA) is 115 Å². The van der Waals surface area contributed by atoms with Gasteiger partial charge in [-0.1, -0.05) is 31.0 Å². The number of rotatable bonds is 5. The van der Waals surface area contributed by atoms with Crippen LogP contribution >= 0.6 is 11.6 Å². The molecule has 0 atom stereocenters. The Kier molecular flexibility index (Phi) is 10.1. The summed E-state index contributed by atoms with van der Waals surface area (Å²) < 4.78 is 15.9. The van der Waals surface area contributed by atoms with E-state index in [-0.39, 0.29) is 11.5 Å². The Labute approximate surface area is 222 Å². The predicted octanol–water partition coefficient (Wildman–Crippen LogP) is 6.74. The maximum absolute atomic E-state index is 12.6. The van der Waals surface area contributed by atoms with Crippen LogP contribution < -0.4 is 15.4 Å². The molecule has 2 N–H and O–H groups in total. The summed E-state index contributed by atoms with van der Waals surface area (Å²) in [5.74, 6) is -0.439. The van der Waals surface area contributed by atoms with Crippen molar-refractivity contribution in [2.24, 2.45) is 4.99 Å². The van der Waals surface area contributed by atoms with E-state index >= 15 is 0 Å². The molecule has 2 aromatic carbocycles. The van der Waals surface area contributed by atoms with Crippen LogP contribution in [-0.2, 0) is 15.9 Å². The van der Waals surface area contributed by atoms with Crippen LogP contribution in [0.3, 0.4) is 0 Å². The van der Waals surface area contributed by atoms with E-state index in [1.165, 1.54) is 12.1 Å². The average Bonchev–Trinajstić information content (AvgIpc) is 2.73. The molecular formula is C27H34ClN3O6. The van der Waals surface area contributed by atoms with Crippen LogP contribution in [0.25, 0.3) is 0 Å². The summed E-state index contributed by atoms with van der Waals surface area (Å²) in [6.07, 6.45) is 0.0706. The molecule has 0 aliphatic heterocycles. The minimum Gasteiger partial charge on any atom is -0.444 e. The lowest BCUT2D eigenvalue weighted by atomic mass is 10.1. The number of carbonyl (C=O) groups excluding carboxylic acids is 3. The van der Waals surface area contributed by atoms with E-state index in [9.17, 15) is 14.4 Å². The first-order chi connectivity index (χ1) is 17.1. The van der Waals surface area contributed by atoms with Gasteiger partial charge < -0.3 is 19.5 Å². The highest BCUT2D eigenvalue weighted by Crippen LogP contribution is 2.24. The summed E-state index contributed by atoms with van der Waals surface area (Å²) in [7, 11) is 0. The number of hydrogen-bond acceptors (Lipinski definition) is 6. The minimum atomic E-state index is -0.908. The number of hydrogen-bond donors (Lipinski definition) is 2. The Hall–Kier alpha value is -3.59. The number of esters is 1. The SMILES string of the molecule is CCCc1ccc(OC(=O)c2ccc(N/C(=N\C(=O)OC(C)(C)C)NC(=O)OC(C)(C)C)cc2)cc1Cl. The number of carbonyl (C=O) groups is 3. The van der Waals surface area contributed by atoms with Gasteiger partial charge in [0.2, 0.25) is 5.96 Å². The van der Waals surface area contributed by atoms with E-state index in [0.717, 1.165) is 18.4 Å². The largest absolute Gasteiger partial charge is 0.444 e. The van der Waals surface area contributed by atoms with E-state index in [1.807, 2.05) is 6.07 Å². The van der Waals surface area contributed by atoms with Crippen LogP contribution in [0.15, 0.2) is 47.5 Å². The number of halogens is 1. The van der Waals surface area contributed by atoms with Crippen LogP contribution in [0.4, 0.5) is 15.3 Å². The summed E-state index contributed by atoms with van der Waals surface area (Å²) in [6.45, 7) is 12.3. The highest BCUT2D eigenvalue weighted by atomic mass is 35.5. The third kappa shape index (κ3) is 10.9. The van der Waals surface area contributed by atoms with Gasteiger partial charge in [0.05, 0.1) is 5.56 Å². The van der Waals surface area contributed by atoms with E-state index in [4.69, 9.17) is 25.8 Å². The zero-order valence-electron chi connectivity index (χ0n) is 22.2. The molecule has 0 spiro atoms. The first kappa shape index (κ1) is 29.6. The van der Waals surface area contributed by atoms with Gasteiger partial charge in [-0.25, -0.2) is 14.4 Å². The lowest BCUT2D eigenvalue weighted by Crippen LogP contribution is -2.40. The highest BCUT2D eigenvalue weighted by Gasteiger charge is 2.20. The first-order valence-electron chi connectivity index (χ1n) is 11.8. The van der Waals surface area contributed by atoms with Crippen molar-refractivity contribution in [1.82, 2.24) is 5.32 Å². The summed E-state index contributed by atoms with van der Waals surface area (Å²) in [5.41, 5.74) is 0.166. The lowest BCUT2D eigenvalue weighted by Gasteiger charge is -2.21. The van der Waals surface area contributed by atoms with Crippen LogP contribution in [0.2, 0.25) is 5.02 Å². The molecule has 2 amide bonds. The zero-order valence-corrected chi connectivity index (χ0v) is 23.0. The van der Waals surface area contributed by atoms with Gasteiger partial charge in [-0.3, -0.25) is 5.32 Å². The fourth-order valence-corrected chi connectivity index (χ4v) is 3.18. The van der Waals surface area contributed by atoms with Crippen molar-refractivity contribution in [3.05, 3.63) is 58.6 Å². The van der Waals surface area contributed by atoms with Gasteiger partial charge in [0.15, 0.2) is 0 Å². The Morgan fingerprint density at radius 1 is 0.919 bits per heavy atom. The number of guanidine groups is 1. The Morgan fingerprint density at radius 3 is 2.08 bits per heavy atom. The van der Waals surface area contributed by atoms with E-state index < -0.39 is 29.4 Å². The number of amides is 2. The number of benzene rings is 2. The third-order valence-electron chi connectivity index (χ3n) is 4.35. The molecule has 0 aliphatic carbocycles. The van der Waals surface area contributed by atoms with E-state index in [1.54, 1.807) is 65.8 Å². The third-order valence-corrected chi connectivity index (χ3v) is 4.71. The second-order valence-electron chi connectivity index (χ2n) is 10.2. The summed E-state index contributed by atoms with van der Waals surface area (Å²) in [6, 6.07) is 11.3. The zero-order chi connectivity index (χ0) is 27.8. The molecule has 2 rings (SSSR count). The number of aryl methyl sites for hydroxylation is 1. The molecular weight excluding hydrogens is 498 g/mol. The van der Waals surface area contributed by atoms with Gasteiger partial charge in [0, 0.05) is 10.7 Å². The molecule has 37 heavy (non-hydrogen) atoms. The van der Waals surface area contributed by atoms with Gasteiger partial charge in [0.25, 0.3) is 0 Å². The van der Waals surface area contributed by atoms with Crippen molar-refractivity contribution in [3.8, 4) is 5.75 Å². The summed E-state index contributed by atoms with van der Waals surface area (Å²) in [4.78, 5) is 40.8. The van der Waals surface area contributed by atoms with Crippen LogP contribution in [-0.4, -0.2) is 35.3 Å². The molecule has 0 saturated heterocycles. The molecule has 0 heterocycles. The molecule has 0 fully saturated rings. The average molecular weight is 532 g/mol. The molecule has 0 aliphatic rings. The van der Waals surface area contributed by atoms with Crippen molar-refractivity contribution >= 4 is 41.4 Å². The normalized spacial score (nSPS) is 11.9. The summed E-state index contributed by atoms with van der Waals surface area (Å²) in [5, 5.41) is 5.76. The highest BCUT2D eigenvalue weighted by molar-refractivity contribution is 6.31. The minimum absolute atomic E-state index is 0.208. The quantitative estimate of drug-likeness (QED) is 0.190. The van der Waals surface area contributed by atoms with Crippen molar-refractivity contribution in [3.63, 3.8) is 0 Å². The van der Waals surface area contributed by atoms with Gasteiger partial charge in [-0.15, -0.1) is 4.99 Å². The molecule has 10 heteroatoms. The first-order valence-corrected chi connectivity index (χ1v) is 12.2. The van der Waals surface area contributed by atoms with Crippen LogP contribution in [0.1, 0.15) is 70.8 Å². The second-order valence-corrected chi connectivity index (χ2v) is 10.6.